The van der Waals surface area contributed by atoms with Crippen LogP contribution in [-0.2, 0) is 0 Å². The first-order valence-corrected chi connectivity index (χ1v) is 9.01. The molecule has 4 heteroatoms. The summed E-state index contributed by atoms with van der Waals surface area (Å²) in [5.41, 5.74) is 1.06. The van der Waals surface area contributed by atoms with Gasteiger partial charge in [-0.15, -0.1) is 11.3 Å². The van der Waals surface area contributed by atoms with Gasteiger partial charge in [0.15, 0.2) is 0 Å². The van der Waals surface area contributed by atoms with E-state index in [0.717, 1.165) is 24.9 Å². The third-order valence-corrected chi connectivity index (χ3v) is 5.16. The maximum Gasteiger partial charge on any atom is 0.0507 e. The molecule has 1 aromatic heterocycles. The van der Waals surface area contributed by atoms with Gasteiger partial charge >= 0.3 is 0 Å². The quantitative estimate of drug-likeness (QED) is 0.600. The summed E-state index contributed by atoms with van der Waals surface area (Å²) in [5.74, 6) is 0. The minimum atomic E-state index is 0.444. The molecule has 0 spiro atoms. The third-order valence-electron chi connectivity index (χ3n) is 3.38. The molecule has 1 heterocycles. The molecule has 1 atom stereocenters. The lowest BCUT2D eigenvalue weighted by atomic mass is 10.1. The lowest BCUT2D eigenvalue weighted by Crippen LogP contribution is -2.21. The molecule has 0 aliphatic heterocycles. The molecule has 1 N–H and O–H groups in total. The molecule has 0 amide bonds. The van der Waals surface area contributed by atoms with Gasteiger partial charge in [-0.05, 0) is 43.7 Å². The highest BCUT2D eigenvalue weighted by atomic mass is 35.5. The first kappa shape index (κ1) is 16.8. The zero-order valence-electron chi connectivity index (χ0n) is 12.5. The third kappa shape index (κ3) is 4.46. The zero-order valence-corrected chi connectivity index (χ0v) is 14.8. The Balaban J connectivity index is 2.22. The fourth-order valence-corrected chi connectivity index (χ4v) is 4.05. The molecule has 0 aliphatic carbocycles. The van der Waals surface area contributed by atoms with E-state index in [0.29, 0.717) is 16.1 Å². The molecule has 2 rings (SSSR count). The van der Waals surface area contributed by atoms with Crippen LogP contribution in [0.15, 0.2) is 30.3 Å². The number of rotatable bonds is 7. The van der Waals surface area contributed by atoms with Crippen molar-refractivity contribution in [3.05, 3.63) is 45.3 Å². The van der Waals surface area contributed by atoms with Crippen LogP contribution >= 0.6 is 34.5 Å². The number of hydrogen-bond acceptors (Lipinski definition) is 2. The second-order valence-corrected chi connectivity index (χ2v) is 7.08. The summed E-state index contributed by atoms with van der Waals surface area (Å²) in [7, 11) is 0. The van der Waals surface area contributed by atoms with Crippen molar-refractivity contribution in [2.45, 2.75) is 39.2 Å². The molecule has 1 aromatic carbocycles. The van der Waals surface area contributed by atoms with Crippen LogP contribution in [-0.4, -0.2) is 6.54 Å². The van der Waals surface area contributed by atoms with Gasteiger partial charge in [-0.3, -0.25) is 0 Å². The minimum absolute atomic E-state index is 0.444. The highest BCUT2D eigenvalue weighted by Crippen LogP contribution is 2.37. The lowest BCUT2D eigenvalue weighted by molar-refractivity contribution is 0.501. The largest absolute Gasteiger partial charge is 0.309 e. The Hall–Kier alpha value is -0.540. The highest BCUT2D eigenvalue weighted by Gasteiger charge is 2.14. The first-order chi connectivity index (χ1) is 10.2. The predicted molar refractivity (Wildman–Crippen MR) is 95.7 cm³/mol. The first-order valence-electron chi connectivity index (χ1n) is 7.44. The molecule has 0 radical (unpaired) electrons. The molecular formula is C17H21Cl2NS. The van der Waals surface area contributed by atoms with Crippen molar-refractivity contribution in [2.75, 3.05) is 6.54 Å². The number of thiophene rings is 1. The van der Waals surface area contributed by atoms with Crippen molar-refractivity contribution in [2.24, 2.45) is 0 Å². The van der Waals surface area contributed by atoms with Crippen LogP contribution in [0.5, 0.6) is 0 Å². The fourth-order valence-electron chi connectivity index (χ4n) is 2.33. The summed E-state index contributed by atoms with van der Waals surface area (Å²) in [5, 5.41) is 5.02. The Morgan fingerprint density at radius 3 is 2.57 bits per heavy atom. The van der Waals surface area contributed by atoms with Crippen LogP contribution < -0.4 is 5.32 Å². The van der Waals surface area contributed by atoms with Crippen molar-refractivity contribution in [1.29, 1.82) is 0 Å². The van der Waals surface area contributed by atoms with E-state index in [1.165, 1.54) is 16.2 Å². The van der Waals surface area contributed by atoms with E-state index in [1.54, 1.807) is 6.07 Å². The van der Waals surface area contributed by atoms with Crippen molar-refractivity contribution in [3.63, 3.8) is 0 Å². The number of nitrogens with one attached hydrogen (secondary N) is 1. The molecule has 0 saturated heterocycles. The summed E-state index contributed by atoms with van der Waals surface area (Å²) >= 11 is 14.1. The predicted octanol–water partition coefficient (Wildman–Crippen LogP) is 6.56. The number of halogens is 2. The molecule has 0 bridgehead atoms. The van der Waals surface area contributed by atoms with Crippen molar-refractivity contribution >= 4 is 34.5 Å². The van der Waals surface area contributed by atoms with Crippen LogP contribution in [0, 0.1) is 0 Å². The summed E-state index contributed by atoms with van der Waals surface area (Å²) in [6, 6.07) is 10.5. The summed E-state index contributed by atoms with van der Waals surface area (Å²) in [6.45, 7) is 5.48. The van der Waals surface area contributed by atoms with Crippen LogP contribution in [0.4, 0.5) is 0 Å². The highest BCUT2D eigenvalue weighted by molar-refractivity contribution is 7.15. The van der Waals surface area contributed by atoms with Crippen LogP contribution in [0.25, 0.3) is 10.4 Å². The zero-order chi connectivity index (χ0) is 15.2. The summed E-state index contributed by atoms with van der Waals surface area (Å²) in [6.07, 6.45) is 3.49. The van der Waals surface area contributed by atoms with Gasteiger partial charge in [0, 0.05) is 26.4 Å². The van der Waals surface area contributed by atoms with E-state index in [-0.39, 0.29) is 0 Å². The second-order valence-electron chi connectivity index (χ2n) is 5.12. The molecule has 114 valence electrons. The van der Waals surface area contributed by atoms with Gasteiger partial charge in [0.25, 0.3) is 0 Å². The Labute approximate surface area is 141 Å². The Morgan fingerprint density at radius 2 is 1.90 bits per heavy atom. The molecular weight excluding hydrogens is 321 g/mol. The lowest BCUT2D eigenvalue weighted by Gasteiger charge is -2.16. The molecule has 1 unspecified atom stereocenters. The van der Waals surface area contributed by atoms with Gasteiger partial charge < -0.3 is 5.32 Å². The van der Waals surface area contributed by atoms with Gasteiger partial charge in [0.2, 0.25) is 0 Å². The average Bonchev–Trinajstić information content (AvgIpc) is 2.93. The van der Waals surface area contributed by atoms with E-state index in [2.05, 4.69) is 31.3 Å². The Bertz CT molecular complexity index is 580. The Kier molecular flexibility index (Phi) is 6.56. The second kappa shape index (κ2) is 8.19. The average molecular weight is 342 g/mol. The molecule has 0 fully saturated rings. The SMILES string of the molecule is CCCNC(CCC)c1ccc(-c2ccc(Cl)cc2Cl)s1. The fraction of sp³-hybridized carbons (Fsp3) is 0.412. The van der Waals surface area contributed by atoms with Gasteiger partial charge in [0.1, 0.15) is 0 Å². The van der Waals surface area contributed by atoms with Gasteiger partial charge in [0.05, 0.1) is 5.02 Å². The number of benzene rings is 1. The summed E-state index contributed by atoms with van der Waals surface area (Å²) < 4.78 is 0. The van der Waals surface area contributed by atoms with Gasteiger partial charge in [-0.25, -0.2) is 0 Å². The van der Waals surface area contributed by atoms with Gasteiger partial charge in [-0.1, -0.05) is 49.5 Å². The molecule has 2 aromatic rings. The van der Waals surface area contributed by atoms with Crippen LogP contribution in [0.1, 0.15) is 44.0 Å². The van der Waals surface area contributed by atoms with Crippen LogP contribution in [0.3, 0.4) is 0 Å². The van der Waals surface area contributed by atoms with Crippen molar-refractivity contribution < 1.29 is 0 Å². The van der Waals surface area contributed by atoms with E-state index >= 15 is 0 Å². The molecule has 1 nitrogen and oxygen atoms in total. The smallest absolute Gasteiger partial charge is 0.0507 e. The standard InChI is InChI=1S/C17H21Cl2NS/c1-3-5-15(20-10-4-2)17-9-8-16(21-17)13-7-6-12(18)11-14(13)19/h6-9,11,15,20H,3-5,10H2,1-2H3. The normalized spacial score (nSPS) is 12.6. The minimum Gasteiger partial charge on any atom is -0.309 e. The number of hydrogen-bond donors (Lipinski definition) is 1. The van der Waals surface area contributed by atoms with Crippen molar-refractivity contribution in [3.8, 4) is 10.4 Å². The van der Waals surface area contributed by atoms with Crippen molar-refractivity contribution in [1.82, 2.24) is 5.32 Å². The van der Waals surface area contributed by atoms with E-state index in [4.69, 9.17) is 23.2 Å². The molecule has 21 heavy (non-hydrogen) atoms. The maximum absolute atomic E-state index is 6.30. The maximum atomic E-state index is 6.30. The van der Waals surface area contributed by atoms with E-state index in [1.807, 2.05) is 23.5 Å². The van der Waals surface area contributed by atoms with Crippen LogP contribution in [0.2, 0.25) is 10.0 Å². The Morgan fingerprint density at radius 1 is 1.10 bits per heavy atom. The topological polar surface area (TPSA) is 12.0 Å². The van der Waals surface area contributed by atoms with E-state index in [9.17, 15) is 0 Å². The monoisotopic (exact) mass is 341 g/mol. The van der Waals surface area contributed by atoms with E-state index < -0.39 is 0 Å². The summed E-state index contributed by atoms with van der Waals surface area (Å²) in [4.78, 5) is 2.58. The molecule has 0 saturated carbocycles. The van der Waals surface area contributed by atoms with Gasteiger partial charge in [-0.2, -0.15) is 0 Å². The molecule has 0 aliphatic rings.